The predicted molar refractivity (Wildman–Crippen MR) is 69.4 cm³/mol. The second-order valence-corrected chi connectivity index (χ2v) is 4.00. The van der Waals surface area contributed by atoms with Crippen molar-refractivity contribution in [3.63, 3.8) is 0 Å². The van der Waals surface area contributed by atoms with Gasteiger partial charge >= 0.3 is 5.97 Å². The Morgan fingerprint density at radius 1 is 1.05 bits per heavy atom. The number of anilines is 1. The highest BCUT2D eigenvalue weighted by atomic mass is 19.1. The lowest BCUT2D eigenvalue weighted by molar-refractivity contribution is 0.0697. The lowest BCUT2D eigenvalue weighted by Gasteiger charge is -2.09. The highest BCUT2D eigenvalue weighted by molar-refractivity contribution is 6.07. The van der Waals surface area contributed by atoms with Gasteiger partial charge < -0.3 is 15.5 Å². The van der Waals surface area contributed by atoms with E-state index < -0.39 is 17.7 Å². The molecule has 1 amide bonds. The predicted octanol–water partition coefficient (Wildman–Crippen LogP) is 2.48. The summed E-state index contributed by atoms with van der Waals surface area (Å²) in [5.41, 5.74) is 0.000834. The van der Waals surface area contributed by atoms with Crippen LogP contribution in [-0.4, -0.2) is 22.1 Å². The van der Waals surface area contributed by atoms with Crippen LogP contribution in [0.1, 0.15) is 20.7 Å². The lowest BCUT2D eigenvalue weighted by atomic mass is 10.1. The first-order valence-electron chi connectivity index (χ1n) is 5.60. The molecule has 0 aliphatic rings. The van der Waals surface area contributed by atoms with Gasteiger partial charge in [-0.25, -0.2) is 9.18 Å². The van der Waals surface area contributed by atoms with Gasteiger partial charge in [-0.3, -0.25) is 4.79 Å². The molecule has 5 nitrogen and oxygen atoms in total. The van der Waals surface area contributed by atoms with Crippen LogP contribution in [-0.2, 0) is 0 Å². The SMILES string of the molecule is O=C(Nc1ccc(O)cc1C(=O)O)c1ccc(F)cc1. The molecule has 0 unspecified atom stereocenters. The van der Waals surface area contributed by atoms with Gasteiger partial charge in [0.2, 0.25) is 0 Å². The van der Waals surface area contributed by atoms with E-state index in [4.69, 9.17) is 5.11 Å². The molecule has 0 atom stereocenters. The molecule has 2 aromatic rings. The number of carbonyl (C=O) groups is 2. The molecule has 0 heterocycles. The maximum Gasteiger partial charge on any atom is 0.337 e. The Balaban J connectivity index is 2.28. The first-order chi connectivity index (χ1) is 9.47. The quantitative estimate of drug-likeness (QED) is 0.751. The van der Waals surface area contributed by atoms with Crippen LogP contribution in [0, 0.1) is 5.82 Å². The van der Waals surface area contributed by atoms with Crippen LogP contribution in [0.2, 0.25) is 0 Å². The number of halogens is 1. The number of carboxylic acids is 1. The Morgan fingerprint density at radius 2 is 1.70 bits per heavy atom. The number of hydrogen-bond acceptors (Lipinski definition) is 3. The lowest BCUT2D eigenvalue weighted by Crippen LogP contribution is -2.14. The van der Waals surface area contributed by atoms with E-state index in [1.54, 1.807) is 0 Å². The summed E-state index contributed by atoms with van der Waals surface area (Å²) in [7, 11) is 0. The van der Waals surface area contributed by atoms with E-state index in [9.17, 15) is 19.1 Å². The minimum Gasteiger partial charge on any atom is -0.508 e. The molecule has 3 N–H and O–H groups in total. The van der Waals surface area contributed by atoms with E-state index >= 15 is 0 Å². The van der Waals surface area contributed by atoms with Crippen LogP contribution in [0.5, 0.6) is 5.75 Å². The molecule has 0 aliphatic carbocycles. The topological polar surface area (TPSA) is 86.6 Å². The third kappa shape index (κ3) is 2.92. The number of nitrogens with one attached hydrogen (secondary N) is 1. The maximum absolute atomic E-state index is 12.8. The van der Waals surface area contributed by atoms with Crippen LogP contribution in [0.25, 0.3) is 0 Å². The summed E-state index contributed by atoms with van der Waals surface area (Å²) in [6.07, 6.45) is 0. The van der Waals surface area contributed by atoms with Crippen LogP contribution >= 0.6 is 0 Å². The number of aromatic carboxylic acids is 1. The summed E-state index contributed by atoms with van der Waals surface area (Å²) in [4.78, 5) is 22.9. The van der Waals surface area contributed by atoms with E-state index in [1.165, 1.54) is 24.3 Å². The molecule has 2 rings (SSSR count). The Labute approximate surface area is 113 Å². The van der Waals surface area contributed by atoms with Crippen molar-refractivity contribution < 1.29 is 24.2 Å². The molecule has 0 saturated carbocycles. The van der Waals surface area contributed by atoms with Gasteiger partial charge in [0.1, 0.15) is 11.6 Å². The number of amides is 1. The number of rotatable bonds is 3. The molecule has 20 heavy (non-hydrogen) atoms. The zero-order valence-corrected chi connectivity index (χ0v) is 10.1. The second kappa shape index (κ2) is 5.40. The standard InChI is InChI=1S/C14H10FNO4/c15-9-3-1-8(2-4-9)13(18)16-12-6-5-10(17)7-11(12)14(19)20/h1-7,17H,(H,16,18)(H,19,20). The molecule has 0 bridgehead atoms. The van der Waals surface area contributed by atoms with Gasteiger partial charge in [-0.15, -0.1) is 0 Å². The number of carbonyl (C=O) groups excluding carboxylic acids is 1. The zero-order chi connectivity index (χ0) is 14.7. The molecule has 2 aromatic carbocycles. The van der Waals surface area contributed by atoms with E-state index in [2.05, 4.69) is 5.32 Å². The molecule has 0 radical (unpaired) electrons. The van der Waals surface area contributed by atoms with Gasteiger partial charge in [-0.2, -0.15) is 0 Å². The van der Waals surface area contributed by atoms with Crippen LogP contribution < -0.4 is 5.32 Å². The summed E-state index contributed by atoms with van der Waals surface area (Å²) >= 11 is 0. The van der Waals surface area contributed by atoms with E-state index in [-0.39, 0.29) is 22.6 Å². The molecule has 0 spiro atoms. The third-order valence-corrected chi connectivity index (χ3v) is 2.59. The van der Waals surface area contributed by atoms with Crippen molar-refractivity contribution in [1.29, 1.82) is 0 Å². The van der Waals surface area contributed by atoms with Crippen molar-refractivity contribution in [3.05, 3.63) is 59.4 Å². The molecule has 0 fully saturated rings. The fourth-order valence-electron chi connectivity index (χ4n) is 1.61. The minimum absolute atomic E-state index is 0.0459. The Bertz CT molecular complexity index is 667. The fraction of sp³-hybridized carbons (Fsp3) is 0. The average Bonchev–Trinajstić information content (AvgIpc) is 2.41. The Kier molecular flexibility index (Phi) is 3.65. The van der Waals surface area contributed by atoms with Crippen molar-refractivity contribution in [2.75, 3.05) is 5.32 Å². The van der Waals surface area contributed by atoms with E-state index in [1.807, 2.05) is 0 Å². The van der Waals surface area contributed by atoms with Gasteiger partial charge in [0.15, 0.2) is 0 Å². The smallest absolute Gasteiger partial charge is 0.337 e. The van der Waals surface area contributed by atoms with Crippen molar-refractivity contribution in [2.24, 2.45) is 0 Å². The Hall–Kier alpha value is -2.89. The monoisotopic (exact) mass is 275 g/mol. The number of aromatic hydroxyl groups is 1. The van der Waals surface area contributed by atoms with Crippen molar-refractivity contribution in [1.82, 2.24) is 0 Å². The van der Waals surface area contributed by atoms with Gasteiger partial charge in [-0.1, -0.05) is 0 Å². The molecule has 0 aromatic heterocycles. The maximum atomic E-state index is 12.8. The van der Waals surface area contributed by atoms with Gasteiger partial charge in [0.25, 0.3) is 5.91 Å². The highest BCUT2D eigenvalue weighted by Crippen LogP contribution is 2.22. The molecule has 0 aliphatic heterocycles. The van der Waals surface area contributed by atoms with Gasteiger partial charge in [0, 0.05) is 5.56 Å². The largest absolute Gasteiger partial charge is 0.508 e. The first kappa shape index (κ1) is 13.5. The second-order valence-electron chi connectivity index (χ2n) is 4.00. The van der Waals surface area contributed by atoms with Gasteiger partial charge in [0.05, 0.1) is 11.3 Å². The molecular formula is C14H10FNO4. The highest BCUT2D eigenvalue weighted by Gasteiger charge is 2.14. The number of phenolic OH excluding ortho intramolecular Hbond substituents is 1. The molecule has 6 heteroatoms. The number of hydrogen-bond donors (Lipinski definition) is 3. The average molecular weight is 275 g/mol. The number of benzene rings is 2. The van der Waals surface area contributed by atoms with E-state index in [0.717, 1.165) is 18.2 Å². The van der Waals surface area contributed by atoms with Crippen LogP contribution in [0.4, 0.5) is 10.1 Å². The molecular weight excluding hydrogens is 265 g/mol. The first-order valence-corrected chi connectivity index (χ1v) is 5.60. The summed E-state index contributed by atoms with van der Waals surface area (Å²) in [6.45, 7) is 0. The summed E-state index contributed by atoms with van der Waals surface area (Å²) in [6, 6.07) is 8.39. The normalized spacial score (nSPS) is 10.1. The molecule has 0 saturated heterocycles. The van der Waals surface area contributed by atoms with E-state index in [0.29, 0.717) is 0 Å². The van der Waals surface area contributed by atoms with Crippen molar-refractivity contribution in [3.8, 4) is 5.75 Å². The fourth-order valence-corrected chi connectivity index (χ4v) is 1.61. The van der Waals surface area contributed by atoms with Crippen LogP contribution in [0.3, 0.4) is 0 Å². The molecule has 102 valence electrons. The van der Waals surface area contributed by atoms with Crippen LogP contribution in [0.15, 0.2) is 42.5 Å². The van der Waals surface area contributed by atoms with Gasteiger partial charge in [-0.05, 0) is 42.5 Å². The summed E-state index contributed by atoms with van der Waals surface area (Å²) in [5, 5.41) is 20.6. The minimum atomic E-state index is -1.28. The number of carboxylic acid groups (broad SMARTS) is 1. The summed E-state index contributed by atoms with van der Waals surface area (Å²) < 4.78 is 12.8. The Morgan fingerprint density at radius 3 is 2.30 bits per heavy atom. The third-order valence-electron chi connectivity index (χ3n) is 2.59. The zero-order valence-electron chi connectivity index (χ0n) is 10.1. The number of phenols is 1. The van der Waals surface area contributed by atoms with Crippen molar-refractivity contribution >= 4 is 17.6 Å². The summed E-state index contributed by atoms with van der Waals surface area (Å²) in [5.74, 6) is -2.55. The van der Waals surface area contributed by atoms with Crippen molar-refractivity contribution in [2.45, 2.75) is 0 Å².